The van der Waals surface area contributed by atoms with Crippen LogP contribution in [0.2, 0.25) is 0 Å². The molecule has 0 aromatic rings. The molecular weight excluding hydrogens is 234 g/mol. The molecule has 1 fully saturated rings. The van der Waals surface area contributed by atoms with Gasteiger partial charge in [0.05, 0.1) is 5.41 Å². The number of aliphatic carboxylic acids is 1. The Kier molecular flexibility index (Phi) is 5.59. The Hall–Kier alpha value is -1.10. The lowest BCUT2D eigenvalue weighted by molar-refractivity contribution is -0.154. The maximum atomic E-state index is 12.4. The molecule has 1 aliphatic rings. The zero-order valence-corrected chi connectivity index (χ0v) is 11.3. The fraction of sp³-hybridized carbons (Fsp3) is 0.846. The van der Waals surface area contributed by atoms with Crippen molar-refractivity contribution in [1.29, 1.82) is 0 Å². The van der Waals surface area contributed by atoms with E-state index in [4.69, 9.17) is 9.84 Å². The van der Waals surface area contributed by atoms with Gasteiger partial charge in [0.15, 0.2) is 0 Å². The Morgan fingerprint density at radius 2 is 2.00 bits per heavy atom. The van der Waals surface area contributed by atoms with Gasteiger partial charge in [-0.25, -0.2) is 0 Å². The minimum atomic E-state index is -0.954. The van der Waals surface area contributed by atoms with E-state index in [1.807, 2.05) is 13.8 Å². The zero-order chi connectivity index (χ0) is 13.6. The number of carboxylic acid groups (broad SMARTS) is 1. The summed E-state index contributed by atoms with van der Waals surface area (Å²) in [5.41, 5.74) is -0.360. The molecule has 18 heavy (non-hydrogen) atoms. The van der Waals surface area contributed by atoms with E-state index < -0.39 is 5.97 Å². The first kappa shape index (κ1) is 15.0. The Bertz CT molecular complexity index is 299. The Morgan fingerprint density at radius 3 is 2.39 bits per heavy atom. The van der Waals surface area contributed by atoms with Crippen LogP contribution in [0.4, 0.5) is 0 Å². The summed E-state index contributed by atoms with van der Waals surface area (Å²) in [5.74, 6) is -0.970. The summed E-state index contributed by atoms with van der Waals surface area (Å²) in [4.78, 5) is 24.6. The molecule has 0 aromatic heterocycles. The molecule has 0 aromatic carbocycles. The third-order valence-electron chi connectivity index (χ3n) is 3.69. The second-order valence-corrected chi connectivity index (χ2v) is 4.79. The number of hydrogen-bond acceptors (Lipinski definition) is 3. The third-order valence-corrected chi connectivity index (χ3v) is 3.69. The molecule has 0 bridgehead atoms. The van der Waals surface area contributed by atoms with Crippen LogP contribution in [0.15, 0.2) is 0 Å². The molecule has 1 amide bonds. The number of carbonyl (C=O) groups is 2. The number of likely N-dealkylation sites (N-methyl/N-ethyl adjacent to an activating group) is 1. The average molecular weight is 257 g/mol. The topological polar surface area (TPSA) is 66.8 Å². The van der Waals surface area contributed by atoms with Crippen molar-refractivity contribution in [3.8, 4) is 0 Å². The summed E-state index contributed by atoms with van der Waals surface area (Å²) in [6.07, 6.45) is 3.46. The van der Waals surface area contributed by atoms with E-state index in [-0.39, 0.29) is 17.9 Å². The normalized spacial score (nSPS) is 17.0. The molecule has 1 N–H and O–H groups in total. The first-order valence-electron chi connectivity index (χ1n) is 6.64. The van der Waals surface area contributed by atoms with Gasteiger partial charge in [0.2, 0.25) is 5.91 Å². The molecule has 5 nitrogen and oxygen atoms in total. The van der Waals surface area contributed by atoms with Crippen LogP contribution in [-0.4, -0.2) is 48.2 Å². The zero-order valence-electron chi connectivity index (χ0n) is 11.3. The predicted molar refractivity (Wildman–Crippen MR) is 67.3 cm³/mol. The molecule has 0 radical (unpaired) electrons. The predicted octanol–water partition coefficient (Wildman–Crippen LogP) is 1.52. The molecule has 0 aliphatic heterocycles. The molecular formula is C13H23NO4. The van der Waals surface area contributed by atoms with Gasteiger partial charge in [-0.1, -0.05) is 6.42 Å². The lowest BCUT2D eigenvalue weighted by Crippen LogP contribution is -2.49. The van der Waals surface area contributed by atoms with Crippen LogP contribution in [-0.2, 0) is 14.3 Å². The third kappa shape index (κ3) is 3.45. The van der Waals surface area contributed by atoms with Gasteiger partial charge in [0.1, 0.15) is 6.54 Å². The van der Waals surface area contributed by atoms with E-state index in [9.17, 15) is 9.59 Å². The smallest absolute Gasteiger partial charge is 0.323 e. The van der Waals surface area contributed by atoms with Gasteiger partial charge >= 0.3 is 5.97 Å². The summed E-state index contributed by atoms with van der Waals surface area (Å²) >= 11 is 0. The highest BCUT2D eigenvalue weighted by Crippen LogP contribution is 2.45. The molecule has 0 unspecified atom stereocenters. The highest BCUT2D eigenvalue weighted by molar-refractivity contribution is 5.86. The van der Waals surface area contributed by atoms with Crippen molar-refractivity contribution in [3.05, 3.63) is 0 Å². The molecule has 5 heteroatoms. The van der Waals surface area contributed by atoms with Crippen LogP contribution in [0.3, 0.4) is 0 Å². The van der Waals surface area contributed by atoms with Crippen LogP contribution >= 0.6 is 0 Å². The van der Waals surface area contributed by atoms with Gasteiger partial charge in [0, 0.05) is 19.8 Å². The molecule has 1 rings (SSSR count). The lowest BCUT2D eigenvalue weighted by Gasteiger charge is -2.43. The van der Waals surface area contributed by atoms with Crippen molar-refractivity contribution in [1.82, 2.24) is 4.90 Å². The molecule has 1 aliphatic carbocycles. The van der Waals surface area contributed by atoms with Crippen LogP contribution in [0, 0.1) is 5.41 Å². The Labute approximate surface area is 108 Å². The number of rotatable bonds is 8. The van der Waals surface area contributed by atoms with Gasteiger partial charge in [-0.05, 0) is 33.1 Å². The fourth-order valence-electron chi connectivity index (χ4n) is 2.41. The first-order valence-corrected chi connectivity index (χ1v) is 6.64. The number of hydrogen-bond donors (Lipinski definition) is 1. The standard InChI is InChI=1S/C13H23NO4/c1-3-14(10-11(15)16)12(17)13(6-5-7-13)8-9-18-4-2/h3-10H2,1-2H3,(H,15,16). The quantitative estimate of drug-likeness (QED) is 0.669. The molecule has 0 heterocycles. The Morgan fingerprint density at radius 1 is 1.33 bits per heavy atom. The van der Waals surface area contributed by atoms with E-state index >= 15 is 0 Å². The number of carbonyl (C=O) groups excluding carboxylic acids is 1. The highest BCUT2D eigenvalue weighted by atomic mass is 16.5. The van der Waals surface area contributed by atoms with Gasteiger partial charge in [-0.2, -0.15) is 0 Å². The first-order chi connectivity index (χ1) is 8.55. The average Bonchev–Trinajstić information content (AvgIpc) is 2.28. The molecule has 0 atom stereocenters. The number of nitrogens with zero attached hydrogens (tertiary/aromatic N) is 1. The van der Waals surface area contributed by atoms with Crippen LogP contribution < -0.4 is 0 Å². The van der Waals surface area contributed by atoms with E-state index in [0.717, 1.165) is 19.3 Å². The summed E-state index contributed by atoms with van der Waals surface area (Å²) < 4.78 is 5.32. The van der Waals surface area contributed by atoms with E-state index in [2.05, 4.69) is 0 Å². The summed E-state index contributed by atoms with van der Waals surface area (Å²) in [6, 6.07) is 0. The van der Waals surface area contributed by atoms with Crippen LogP contribution in [0.1, 0.15) is 39.5 Å². The second kappa shape index (κ2) is 6.73. The second-order valence-electron chi connectivity index (χ2n) is 4.79. The lowest BCUT2D eigenvalue weighted by atomic mass is 9.65. The van der Waals surface area contributed by atoms with Crippen molar-refractivity contribution >= 4 is 11.9 Å². The Balaban J connectivity index is 2.61. The number of amides is 1. The fourth-order valence-corrected chi connectivity index (χ4v) is 2.41. The van der Waals surface area contributed by atoms with Crippen molar-refractivity contribution in [2.75, 3.05) is 26.3 Å². The van der Waals surface area contributed by atoms with Crippen LogP contribution in [0.25, 0.3) is 0 Å². The van der Waals surface area contributed by atoms with E-state index in [0.29, 0.717) is 26.2 Å². The van der Waals surface area contributed by atoms with Gasteiger partial charge < -0.3 is 14.7 Å². The largest absolute Gasteiger partial charge is 0.480 e. The van der Waals surface area contributed by atoms with E-state index in [1.54, 1.807) is 0 Å². The minimum Gasteiger partial charge on any atom is -0.480 e. The molecule has 1 saturated carbocycles. The van der Waals surface area contributed by atoms with Gasteiger partial charge in [0.25, 0.3) is 0 Å². The summed E-state index contributed by atoms with van der Waals surface area (Å²) in [6.45, 7) is 5.21. The maximum absolute atomic E-state index is 12.4. The van der Waals surface area contributed by atoms with Gasteiger partial charge in [-0.15, -0.1) is 0 Å². The maximum Gasteiger partial charge on any atom is 0.323 e. The number of ether oxygens (including phenoxy) is 1. The van der Waals surface area contributed by atoms with Crippen LogP contribution in [0.5, 0.6) is 0 Å². The molecule has 104 valence electrons. The molecule has 0 spiro atoms. The minimum absolute atomic E-state index is 0.0154. The highest BCUT2D eigenvalue weighted by Gasteiger charge is 2.45. The number of carboxylic acids is 1. The van der Waals surface area contributed by atoms with Crippen molar-refractivity contribution in [3.63, 3.8) is 0 Å². The SMILES string of the molecule is CCOCCC1(C(=O)N(CC)CC(=O)O)CCC1. The summed E-state index contributed by atoms with van der Waals surface area (Å²) in [5, 5.41) is 8.82. The monoisotopic (exact) mass is 257 g/mol. The summed E-state index contributed by atoms with van der Waals surface area (Å²) in [7, 11) is 0. The van der Waals surface area contributed by atoms with Gasteiger partial charge in [-0.3, -0.25) is 9.59 Å². The van der Waals surface area contributed by atoms with Crippen molar-refractivity contribution in [2.45, 2.75) is 39.5 Å². The van der Waals surface area contributed by atoms with Crippen molar-refractivity contribution < 1.29 is 19.4 Å². The van der Waals surface area contributed by atoms with E-state index in [1.165, 1.54) is 4.90 Å². The molecule has 0 saturated heterocycles. The van der Waals surface area contributed by atoms with Crippen molar-refractivity contribution in [2.24, 2.45) is 5.41 Å².